The van der Waals surface area contributed by atoms with Crippen molar-refractivity contribution in [3.8, 4) is 0 Å². The molecule has 1 aromatic rings. The molecule has 1 fully saturated rings. The molecule has 2 aliphatic rings. The molecular weight excluding hydrogens is 332 g/mol. The van der Waals surface area contributed by atoms with E-state index in [1.165, 1.54) is 16.4 Å². The summed E-state index contributed by atoms with van der Waals surface area (Å²) in [6.07, 6.45) is 1.00. The van der Waals surface area contributed by atoms with Gasteiger partial charge in [0.25, 0.3) is 0 Å². The Morgan fingerprint density at radius 2 is 2.08 bits per heavy atom. The van der Waals surface area contributed by atoms with Gasteiger partial charge in [0.15, 0.2) is 0 Å². The van der Waals surface area contributed by atoms with Crippen molar-refractivity contribution in [2.24, 2.45) is 5.92 Å². The van der Waals surface area contributed by atoms with E-state index in [4.69, 9.17) is 5.11 Å². The lowest BCUT2D eigenvalue weighted by Gasteiger charge is -2.30. The molecule has 0 aromatic heterocycles. The van der Waals surface area contributed by atoms with Gasteiger partial charge >= 0.3 is 5.97 Å². The number of hydrogen-bond donors (Lipinski definition) is 2. The van der Waals surface area contributed by atoms with Crippen molar-refractivity contribution < 1.29 is 23.1 Å². The van der Waals surface area contributed by atoms with Gasteiger partial charge in [0.05, 0.1) is 16.2 Å². The third-order valence-corrected chi connectivity index (χ3v) is 6.71. The number of carbonyl (C=O) groups is 2. The summed E-state index contributed by atoms with van der Waals surface area (Å²) in [6, 6.07) is 4.57. The minimum Gasteiger partial charge on any atom is -0.481 e. The molecule has 1 atom stereocenters. The first kappa shape index (κ1) is 16.9. The molecule has 3 rings (SSSR count). The van der Waals surface area contributed by atoms with Gasteiger partial charge in [-0.25, -0.2) is 8.42 Å². The number of carboxylic acid groups (broad SMARTS) is 1. The first-order valence-electron chi connectivity index (χ1n) is 7.83. The third-order valence-electron chi connectivity index (χ3n) is 4.85. The average Bonchev–Trinajstić information content (AvgIpc) is 2.77. The Morgan fingerprint density at radius 3 is 2.75 bits per heavy atom. The maximum Gasteiger partial charge on any atom is 0.307 e. The Hall–Kier alpha value is -1.93. The van der Waals surface area contributed by atoms with E-state index in [-0.39, 0.29) is 17.3 Å². The fourth-order valence-corrected chi connectivity index (χ4v) is 4.77. The van der Waals surface area contributed by atoms with E-state index in [0.29, 0.717) is 30.6 Å². The lowest BCUT2D eigenvalue weighted by molar-refractivity contribution is -0.142. The zero-order chi connectivity index (χ0) is 17.7. The molecule has 2 heterocycles. The topological polar surface area (TPSA) is 104 Å². The maximum absolute atomic E-state index is 12.9. The number of hydrogen-bond acceptors (Lipinski definition) is 4. The molecular formula is C16H20N2O5S. The third kappa shape index (κ3) is 2.59. The average molecular weight is 352 g/mol. The molecule has 0 saturated carbocycles. The van der Waals surface area contributed by atoms with E-state index >= 15 is 0 Å². The SMILES string of the molecule is CC1(C)C(=O)Nc2ccc(S(=O)(=O)N3CCC[C@H](C(=O)O)C3)cc21. The number of nitrogens with zero attached hydrogens (tertiary/aromatic N) is 1. The number of anilines is 1. The number of rotatable bonds is 3. The predicted molar refractivity (Wildman–Crippen MR) is 87.2 cm³/mol. The summed E-state index contributed by atoms with van der Waals surface area (Å²) in [7, 11) is -3.79. The summed E-state index contributed by atoms with van der Waals surface area (Å²) in [5, 5.41) is 11.9. The summed E-state index contributed by atoms with van der Waals surface area (Å²) in [5.74, 6) is -1.82. The Balaban J connectivity index is 1.96. The second kappa shape index (κ2) is 5.56. The number of piperidine rings is 1. The molecule has 24 heavy (non-hydrogen) atoms. The highest BCUT2D eigenvalue weighted by Gasteiger charge is 2.40. The molecule has 8 heteroatoms. The van der Waals surface area contributed by atoms with Crippen LogP contribution in [0.5, 0.6) is 0 Å². The van der Waals surface area contributed by atoms with E-state index in [9.17, 15) is 18.0 Å². The van der Waals surface area contributed by atoms with Crippen molar-refractivity contribution in [2.75, 3.05) is 18.4 Å². The fraction of sp³-hybridized carbons (Fsp3) is 0.500. The number of carboxylic acids is 1. The zero-order valence-electron chi connectivity index (χ0n) is 13.6. The van der Waals surface area contributed by atoms with Gasteiger partial charge < -0.3 is 10.4 Å². The van der Waals surface area contributed by atoms with Gasteiger partial charge in [-0.2, -0.15) is 4.31 Å². The second-order valence-electron chi connectivity index (χ2n) is 6.83. The van der Waals surface area contributed by atoms with Gasteiger partial charge in [-0.1, -0.05) is 0 Å². The molecule has 0 spiro atoms. The van der Waals surface area contributed by atoms with Crippen molar-refractivity contribution in [3.05, 3.63) is 23.8 Å². The van der Waals surface area contributed by atoms with Crippen LogP contribution in [0.25, 0.3) is 0 Å². The smallest absolute Gasteiger partial charge is 0.307 e. The molecule has 2 aliphatic heterocycles. The van der Waals surface area contributed by atoms with Crippen LogP contribution >= 0.6 is 0 Å². The molecule has 7 nitrogen and oxygen atoms in total. The molecule has 1 amide bonds. The van der Waals surface area contributed by atoms with Crippen molar-refractivity contribution >= 4 is 27.6 Å². The molecule has 130 valence electrons. The van der Waals surface area contributed by atoms with E-state index in [1.54, 1.807) is 19.9 Å². The molecule has 1 aromatic carbocycles. The van der Waals surface area contributed by atoms with Crippen LogP contribution in [0.4, 0.5) is 5.69 Å². The van der Waals surface area contributed by atoms with Gasteiger partial charge in [-0.3, -0.25) is 9.59 Å². The van der Waals surface area contributed by atoms with E-state index in [1.807, 2.05) is 0 Å². The number of aliphatic carboxylic acids is 1. The number of amides is 1. The normalized spacial score (nSPS) is 23.6. The van der Waals surface area contributed by atoms with Crippen LogP contribution in [0.1, 0.15) is 32.3 Å². The van der Waals surface area contributed by atoms with Crippen LogP contribution in [0.3, 0.4) is 0 Å². The second-order valence-corrected chi connectivity index (χ2v) is 8.76. The van der Waals surface area contributed by atoms with Crippen LogP contribution in [-0.2, 0) is 25.0 Å². The Bertz CT molecular complexity index is 816. The highest BCUT2D eigenvalue weighted by Crippen LogP contribution is 2.39. The number of carbonyl (C=O) groups excluding carboxylic acids is 1. The van der Waals surface area contributed by atoms with E-state index in [0.717, 1.165) is 0 Å². The van der Waals surface area contributed by atoms with Crippen molar-refractivity contribution in [1.29, 1.82) is 0 Å². The molecule has 0 unspecified atom stereocenters. The van der Waals surface area contributed by atoms with Gasteiger partial charge in [-0.05, 0) is 50.5 Å². The van der Waals surface area contributed by atoms with Gasteiger partial charge in [-0.15, -0.1) is 0 Å². The van der Waals surface area contributed by atoms with Crippen LogP contribution in [0.15, 0.2) is 23.1 Å². The molecule has 0 radical (unpaired) electrons. The number of nitrogens with one attached hydrogen (secondary N) is 1. The quantitative estimate of drug-likeness (QED) is 0.856. The van der Waals surface area contributed by atoms with Crippen molar-refractivity contribution in [3.63, 3.8) is 0 Å². The molecule has 1 saturated heterocycles. The molecule has 0 bridgehead atoms. The van der Waals surface area contributed by atoms with Crippen molar-refractivity contribution in [2.45, 2.75) is 37.0 Å². The summed E-state index contributed by atoms with van der Waals surface area (Å²) in [4.78, 5) is 23.3. The fourth-order valence-electron chi connectivity index (χ4n) is 3.22. The van der Waals surface area contributed by atoms with Crippen LogP contribution in [-0.4, -0.2) is 42.8 Å². The van der Waals surface area contributed by atoms with Crippen molar-refractivity contribution in [1.82, 2.24) is 4.31 Å². The summed E-state index contributed by atoms with van der Waals surface area (Å²) < 4.78 is 27.0. The standard InChI is InChI=1S/C16H20N2O5S/c1-16(2)12-8-11(5-6-13(12)17-15(16)21)24(22,23)18-7-3-4-10(9-18)14(19)20/h5-6,8,10H,3-4,7,9H2,1-2H3,(H,17,21)(H,19,20)/t10-/m0/s1. The number of benzene rings is 1. The van der Waals surface area contributed by atoms with Gasteiger partial charge in [0, 0.05) is 18.8 Å². The molecule has 0 aliphatic carbocycles. The van der Waals surface area contributed by atoms with Crippen LogP contribution in [0, 0.1) is 5.92 Å². The Morgan fingerprint density at radius 1 is 1.38 bits per heavy atom. The number of fused-ring (bicyclic) bond motifs is 1. The number of sulfonamides is 1. The van der Waals surface area contributed by atoms with Crippen LogP contribution in [0.2, 0.25) is 0 Å². The van der Waals surface area contributed by atoms with Gasteiger partial charge in [0.1, 0.15) is 0 Å². The minimum atomic E-state index is -3.79. The Labute approximate surface area is 140 Å². The summed E-state index contributed by atoms with van der Waals surface area (Å²) in [6.45, 7) is 3.77. The monoisotopic (exact) mass is 352 g/mol. The van der Waals surface area contributed by atoms with Gasteiger partial charge in [0.2, 0.25) is 15.9 Å². The van der Waals surface area contributed by atoms with E-state index < -0.39 is 27.3 Å². The first-order chi connectivity index (χ1) is 11.1. The largest absolute Gasteiger partial charge is 0.481 e. The summed E-state index contributed by atoms with van der Waals surface area (Å²) >= 11 is 0. The van der Waals surface area contributed by atoms with E-state index in [2.05, 4.69) is 5.32 Å². The lowest BCUT2D eigenvalue weighted by atomic mass is 9.86. The highest BCUT2D eigenvalue weighted by atomic mass is 32.2. The highest BCUT2D eigenvalue weighted by molar-refractivity contribution is 7.89. The summed E-state index contributed by atoms with van der Waals surface area (Å²) in [5.41, 5.74) is 0.457. The Kier molecular flexibility index (Phi) is 3.92. The minimum absolute atomic E-state index is 0.0185. The maximum atomic E-state index is 12.9. The zero-order valence-corrected chi connectivity index (χ0v) is 14.4. The van der Waals surface area contributed by atoms with Crippen LogP contribution < -0.4 is 5.32 Å². The first-order valence-corrected chi connectivity index (χ1v) is 9.27. The predicted octanol–water partition coefficient (Wildman–Crippen LogP) is 1.40. The lowest BCUT2D eigenvalue weighted by Crippen LogP contribution is -2.42. The molecule has 2 N–H and O–H groups in total.